The molecule has 1 amide bonds. The molecule has 2 fully saturated rings. The lowest BCUT2D eigenvalue weighted by Crippen LogP contribution is -2.37. The van der Waals surface area contributed by atoms with Gasteiger partial charge in [-0.25, -0.2) is 0 Å². The van der Waals surface area contributed by atoms with Crippen LogP contribution in [0.2, 0.25) is 0 Å². The molecule has 5 nitrogen and oxygen atoms in total. The number of carbonyl (C=O) groups is 2. The molecule has 0 aromatic heterocycles. The summed E-state index contributed by atoms with van der Waals surface area (Å²) in [6.45, 7) is 2.85. The molecule has 2 atom stereocenters. The van der Waals surface area contributed by atoms with Crippen LogP contribution in [0, 0.1) is 5.92 Å². The maximum absolute atomic E-state index is 12.2. The molecule has 0 aromatic rings. The van der Waals surface area contributed by atoms with E-state index < -0.39 is 5.97 Å². The van der Waals surface area contributed by atoms with Gasteiger partial charge in [-0.2, -0.15) is 0 Å². The Morgan fingerprint density at radius 2 is 2.11 bits per heavy atom. The van der Waals surface area contributed by atoms with Gasteiger partial charge in [0.25, 0.3) is 0 Å². The SMILES string of the molecule is O=C(O)CC1CCCN1C(=O)CCC1CCCNC1. The molecule has 2 unspecified atom stereocenters. The molecular formula is C14H24N2O3. The number of nitrogens with one attached hydrogen (secondary N) is 1. The summed E-state index contributed by atoms with van der Waals surface area (Å²) in [6, 6.07) is -0.0746. The van der Waals surface area contributed by atoms with Gasteiger partial charge < -0.3 is 15.3 Å². The van der Waals surface area contributed by atoms with Gasteiger partial charge in [0.2, 0.25) is 5.91 Å². The fourth-order valence-electron chi connectivity index (χ4n) is 3.22. The van der Waals surface area contributed by atoms with Crippen molar-refractivity contribution in [3.8, 4) is 0 Å². The van der Waals surface area contributed by atoms with Crippen LogP contribution in [0.4, 0.5) is 0 Å². The van der Waals surface area contributed by atoms with E-state index in [4.69, 9.17) is 5.11 Å². The van der Waals surface area contributed by atoms with Gasteiger partial charge in [-0.15, -0.1) is 0 Å². The predicted octanol–water partition coefficient (Wildman–Crippen LogP) is 1.23. The molecule has 0 bridgehead atoms. The second-order valence-corrected chi connectivity index (χ2v) is 5.73. The van der Waals surface area contributed by atoms with E-state index in [0.29, 0.717) is 12.3 Å². The number of likely N-dealkylation sites (tertiary alicyclic amines) is 1. The van der Waals surface area contributed by atoms with Crippen molar-refractivity contribution in [1.29, 1.82) is 0 Å². The molecule has 2 heterocycles. The van der Waals surface area contributed by atoms with E-state index in [1.165, 1.54) is 12.8 Å². The fourth-order valence-corrected chi connectivity index (χ4v) is 3.22. The molecule has 0 saturated carbocycles. The Morgan fingerprint density at radius 3 is 2.79 bits per heavy atom. The van der Waals surface area contributed by atoms with Gasteiger partial charge in [0.1, 0.15) is 0 Å². The summed E-state index contributed by atoms with van der Waals surface area (Å²) in [7, 11) is 0. The molecule has 2 aliphatic rings. The Kier molecular flexibility index (Phi) is 5.19. The first kappa shape index (κ1) is 14.3. The van der Waals surface area contributed by atoms with Crippen LogP contribution < -0.4 is 5.32 Å². The Hall–Kier alpha value is -1.10. The van der Waals surface area contributed by atoms with E-state index in [1.54, 1.807) is 4.90 Å². The predicted molar refractivity (Wildman–Crippen MR) is 71.8 cm³/mol. The van der Waals surface area contributed by atoms with Crippen molar-refractivity contribution in [2.45, 2.75) is 51.0 Å². The van der Waals surface area contributed by atoms with Crippen LogP contribution in [0.15, 0.2) is 0 Å². The number of hydrogen-bond acceptors (Lipinski definition) is 3. The molecule has 0 spiro atoms. The number of piperidine rings is 1. The minimum absolute atomic E-state index is 0.0746. The largest absolute Gasteiger partial charge is 0.481 e. The van der Waals surface area contributed by atoms with E-state index in [-0.39, 0.29) is 18.4 Å². The van der Waals surface area contributed by atoms with Crippen molar-refractivity contribution in [2.75, 3.05) is 19.6 Å². The van der Waals surface area contributed by atoms with Crippen LogP contribution in [-0.4, -0.2) is 47.6 Å². The highest BCUT2D eigenvalue weighted by Crippen LogP contribution is 2.23. The normalized spacial score (nSPS) is 27.5. The molecule has 2 saturated heterocycles. The van der Waals surface area contributed by atoms with Crippen LogP contribution in [-0.2, 0) is 9.59 Å². The van der Waals surface area contributed by atoms with Crippen molar-refractivity contribution in [3.63, 3.8) is 0 Å². The number of amides is 1. The minimum Gasteiger partial charge on any atom is -0.481 e. The number of carboxylic acid groups (broad SMARTS) is 1. The minimum atomic E-state index is -0.804. The maximum atomic E-state index is 12.2. The topological polar surface area (TPSA) is 69.6 Å². The van der Waals surface area contributed by atoms with Crippen molar-refractivity contribution in [1.82, 2.24) is 10.2 Å². The first-order chi connectivity index (χ1) is 9.16. The standard InChI is InChI=1S/C14H24N2O3/c17-13(6-5-11-3-1-7-15-10-11)16-8-2-4-12(16)9-14(18)19/h11-12,15H,1-10H2,(H,18,19). The molecule has 0 radical (unpaired) electrons. The lowest BCUT2D eigenvalue weighted by Gasteiger charge is -2.26. The Balaban J connectivity index is 1.76. The van der Waals surface area contributed by atoms with Gasteiger partial charge in [-0.05, 0) is 51.1 Å². The van der Waals surface area contributed by atoms with Gasteiger partial charge >= 0.3 is 5.97 Å². The van der Waals surface area contributed by atoms with Gasteiger partial charge in [0.05, 0.1) is 6.42 Å². The number of carboxylic acids is 1. The van der Waals surface area contributed by atoms with Crippen LogP contribution in [0.1, 0.15) is 44.9 Å². The zero-order valence-corrected chi connectivity index (χ0v) is 11.4. The average Bonchev–Trinajstić information content (AvgIpc) is 2.84. The van der Waals surface area contributed by atoms with Crippen LogP contribution in [0.5, 0.6) is 0 Å². The van der Waals surface area contributed by atoms with E-state index in [0.717, 1.165) is 38.9 Å². The summed E-state index contributed by atoms with van der Waals surface area (Å²) < 4.78 is 0. The van der Waals surface area contributed by atoms with Crippen molar-refractivity contribution < 1.29 is 14.7 Å². The second kappa shape index (κ2) is 6.89. The molecule has 19 heavy (non-hydrogen) atoms. The summed E-state index contributed by atoms with van der Waals surface area (Å²) in [5.41, 5.74) is 0. The van der Waals surface area contributed by atoms with Gasteiger partial charge in [0, 0.05) is 19.0 Å². The highest BCUT2D eigenvalue weighted by atomic mass is 16.4. The number of aliphatic carboxylic acids is 1. The summed E-state index contributed by atoms with van der Waals surface area (Å²) in [4.78, 5) is 24.8. The molecule has 2 aliphatic heterocycles. The highest BCUT2D eigenvalue weighted by Gasteiger charge is 2.30. The lowest BCUT2D eigenvalue weighted by atomic mass is 9.94. The van der Waals surface area contributed by atoms with Crippen molar-refractivity contribution >= 4 is 11.9 Å². The highest BCUT2D eigenvalue weighted by molar-refractivity contribution is 5.78. The van der Waals surface area contributed by atoms with E-state index in [9.17, 15) is 9.59 Å². The quantitative estimate of drug-likeness (QED) is 0.787. The van der Waals surface area contributed by atoms with Gasteiger partial charge in [0.15, 0.2) is 0 Å². The average molecular weight is 268 g/mol. The molecule has 2 rings (SSSR count). The van der Waals surface area contributed by atoms with Crippen LogP contribution in [0.3, 0.4) is 0 Å². The number of rotatable bonds is 5. The summed E-state index contributed by atoms with van der Waals surface area (Å²) in [5.74, 6) is -0.0475. The van der Waals surface area contributed by atoms with Crippen molar-refractivity contribution in [3.05, 3.63) is 0 Å². The summed E-state index contributed by atoms with van der Waals surface area (Å²) >= 11 is 0. The van der Waals surface area contributed by atoms with E-state index in [1.807, 2.05) is 0 Å². The number of carbonyl (C=O) groups excluding carboxylic acids is 1. The molecule has 2 N–H and O–H groups in total. The summed E-state index contributed by atoms with van der Waals surface area (Å²) in [6.07, 6.45) is 5.78. The number of nitrogens with zero attached hydrogens (tertiary/aromatic N) is 1. The fraction of sp³-hybridized carbons (Fsp3) is 0.857. The Labute approximate surface area is 114 Å². The monoisotopic (exact) mass is 268 g/mol. The zero-order valence-electron chi connectivity index (χ0n) is 11.4. The molecule has 5 heteroatoms. The van der Waals surface area contributed by atoms with Gasteiger partial charge in [-0.1, -0.05) is 0 Å². The molecule has 0 aliphatic carbocycles. The van der Waals surface area contributed by atoms with E-state index >= 15 is 0 Å². The second-order valence-electron chi connectivity index (χ2n) is 5.73. The summed E-state index contributed by atoms with van der Waals surface area (Å²) in [5, 5.41) is 12.2. The third kappa shape index (κ3) is 4.20. The zero-order chi connectivity index (χ0) is 13.7. The molecule has 0 aromatic carbocycles. The van der Waals surface area contributed by atoms with Gasteiger partial charge in [-0.3, -0.25) is 9.59 Å². The third-order valence-electron chi connectivity index (χ3n) is 4.27. The molecular weight excluding hydrogens is 244 g/mol. The van der Waals surface area contributed by atoms with Crippen molar-refractivity contribution in [2.24, 2.45) is 5.92 Å². The third-order valence-corrected chi connectivity index (χ3v) is 4.27. The maximum Gasteiger partial charge on any atom is 0.305 e. The lowest BCUT2D eigenvalue weighted by molar-refractivity contribution is -0.140. The van der Waals surface area contributed by atoms with Crippen LogP contribution >= 0.6 is 0 Å². The first-order valence-corrected chi connectivity index (χ1v) is 7.39. The Morgan fingerprint density at radius 1 is 1.26 bits per heavy atom. The number of hydrogen-bond donors (Lipinski definition) is 2. The van der Waals surface area contributed by atoms with E-state index in [2.05, 4.69) is 5.32 Å². The van der Waals surface area contributed by atoms with Crippen LogP contribution in [0.25, 0.3) is 0 Å². The molecule has 108 valence electrons. The smallest absolute Gasteiger partial charge is 0.305 e. The first-order valence-electron chi connectivity index (χ1n) is 7.39. The Bertz CT molecular complexity index is 327.